The van der Waals surface area contributed by atoms with Crippen LogP contribution in [0.5, 0.6) is 5.75 Å². The summed E-state index contributed by atoms with van der Waals surface area (Å²) < 4.78 is 40.3. The van der Waals surface area contributed by atoms with Crippen LogP contribution >= 0.6 is 0 Å². The van der Waals surface area contributed by atoms with Gasteiger partial charge < -0.3 is 10.1 Å². The van der Waals surface area contributed by atoms with Gasteiger partial charge in [0.25, 0.3) is 0 Å². The minimum Gasteiger partial charge on any atom is -0.406 e. The Morgan fingerprint density at radius 3 is 1.87 bits per heavy atom. The average molecular weight is 321 g/mol. The number of nitrogens with one attached hydrogen (secondary N) is 1. The van der Waals surface area contributed by atoms with Crippen LogP contribution in [0.1, 0.15) is 25.7 Å². The van der Waals surface area contributed by atoms with Gasteiger partial charge in [-0.3, -0.25) is 0 Å². The predicted molar refractivity (Wildman–Crippen MR) is 84.4 cm³/mol. The number of benzene rings is 2. The Morgan fingerprint density at radius 2 is 1.35 bits per heavy atom. The van der Waals surface area contributed by atoms with Crippen molar-refractivity contribution in [3.63, 3.8) is 0 Å². The van der Waals surface area contributed by atoms with Crippen molar-refractivity contribution in [1.82, 2.24) is 0 Å². The van der Waals surface area contributed by atoms with Gasteiger partial charge in [0.05, 0.1) is 0 Å². The fourth-order valence-electron chi connectivity index (χ4n) is 2.91. The molecule has 0 spiro atoms. The summed E-state index contributed by atoms with van der Waals surface area (Å²) in [6, 6.07) is 14.4. The van der Waals surface area contributed by atoms with Crippen molar-refractivity contribution in [2.45, 2.75) is 38.1 Å². The maximum absolute atomic E-state index is 12.1. The molecule has 0 bridgehead atoms. The van der Waals surface area contributed by atoms with Crippen LogP contribution in [0, 0.1) is 0 Å². The number of ether oxygens (including phenoxy) is 1. The Labute approximate surface area is 133 Å². The molecule has 3 rings (SSSR count). The minimum atomic E-state index is -4.66. The summed E-state index contributed by atoms with van der Waals surface area (Å²) in [6.45, 7) is 0. The molecule has 0 aliphatic heterocycles. The summed E-state index contributed by atoms with van der Waals surface area (Å²) in [5.74, 6) is -0.208. The third kappa shape index (κ3) is 4.41. The van der Waals surface area contributed by atoms with E-state index in [0.717, 1.165) is 16.8 Å². The smallest absolute Gasteiger partial charge is 0.406 e. The molecule has 5 heteroatoms. The van der Waals surface area contributed by atoms with Crippen molar-refractivity contribution in [1.29, 1.82) is 0 Å². The summed E-state index contributed by atoms with van der Waals surface area (Å²) in [7, 11) is 0. The van der Waals surface area contributed by atoms with E-state index in [1.807, 2.05) is 24.3 Å². The topological polar surface area (TPSA) is 21.3 Å². The molecule has 0 heterocycles. The van der Waals surface area contributed by atoms with Gasteiger partial charge in [0.1, 0.15) is 5.75 Å². The minimum absolute atomic E-state index is 0.208. The zero-order chi connectivity index (χ0) is 16.3. The summed E-state index contributed by atoms with van der Waals surface area (Å²) in [6.07, 6.45) is 0.324. The van der Waals surface area contributed by atoms with Gasteiger partial charge in [0.2, 0.25) is 0 Å². The van der Waals surface area contributed by atoms with E-state index in [-0.39, 0.29) is 5.75 Å². The van der Waals surface area contributed by atoms with Crippen LogP contribution < -0.4 is 10.1 Å². The van der Waals surface area contributed by atoms with Crippen LogP contribution in [0.25, 0.3) is 11.1 Å². The first-order valence-electron chi connectivity index (χ1n) is 7.72. The highest BCUT2D eigenvalue weighted by Gasteiger charge is 2.30. The quantitative estimate of drug-likeness (QED) is 0.790. The second kappa shape index (κ2) is 6.52. The lowest BCUT2D eigenvalue weighted by Gasteiger charge is -2.14. The molecular formula is C18H18F3NO. The van der Waals surface area contributed by atoms with Gasteiger partial charge in [-0.1, -0.05) is 37.1 Å². The Morgan fingerprint density at radius 1 is 0.826 bits per heavy atom. The third-order valence-corrected chi connectivity index (χ3v) is 4.03. The molecule has 23 heavy (non-hydrogen) atoms. The number of hydrogen-bond acceptors (Lipinski definition) is 2. The van der Waals surface area contributed by atoms with Crippen LogP contribution in [0.15, 0.2) is 48.5 Å². The van der Waals surface area contributed by atoms with Gasteiger partial charge in [-0.15, -0.1) is 13.2 Å². The molecule has 2 aromatic carbocycles. The van der Waals surface area contributed by atoms with E-state index in [0.29, 0.717) is 6.04 Å². The van der Waals surface area contributed by atoms with E-state index in [4.69, 9.17) is 0 Å². The molecule has 0 aromatic heterocycles. The maximum atomic E-state index is 12.1. The highest BCUT2D eigenvalue weighted by atomic mass is 19.4. The number of anilines is 1. The van der Waals surface area contributed by atoms with Crippen molar-refractivity contribution in [2.24, 2.45) is 0 Å². The first-order chi connectivity index (χ1) is 11.0. The number of alkyl halides is 3. The molecule has 1 N–H and O–H groups in total. The van der Waals surface area contributed by atoms with Gasteiger partial charge in [0.15, 0.2) is 0 Å². The number of rotatable bonds is 4. The first-order valence-corrected chi connectivity index (χ1v) is 7.72. The van der Waals surface area contributed by atoms with Crippen molar-refractivity contribution in [2.75, 3.05) is 5.32 Å². The monoisotopic (exact) mass is 321 g/mol. The Hall–Kier alpha value is -2.17. The van der Waals surface area contributed by atoms with E-state index in [1.165, 1.54) is 37.8 Å². The van der Waals surface area contributed by atoms with Crippen molar-refractivity contribution >= 4 is 5.69 Å². The summed E-state index contributed by atoms with van der Waals surface area (Å²) >= 11 is 0. The van der Waals surface area contributed by atoms with E-state index < -0.39 is 6.36 Å². The second-order valence-electron chi connectivity index (χ2n) is 5.78. The zero-order valence-corrected chi connectivity index (χ0v) is 12.6. The Bertz CT molecular complexity index is 629. The molecular weight excluding hydrogens is 303 g/mol. The molecule has 1 fully saturated rings. The van der Waals surface area contributed by atoms with Gasteiger partial charge in [-0.25, -0.2) is 0 Å². The van der Waals surface area contributed by atoms with E-state index in [2.05, 4.69) is 10.1 Å². The lowest BCUT2D eigenvalue weighted by molar-refractivity contribution is -0.274. The second-order valence-corrected chi connectivity index (χ2v) is 5.78. The molecule has 1 aliphatic carbocycles. The van der Waals surface area contributed by atoms with Crippen LogP contribution in [-0.4, -0.2) is 12.4 Å². The van der Waals surface area contributed by atoms with E-state index in [1.54, 1.807) is 12.1 Å². The van der Waals surface area contributed by atoms with Crippen LogP contribution in [0.2, 0.25) is 0 Å². The van der Waals surface area contributed by atoms with Crippen molar-refractivity contribution in [3.8, 4) is 16.9 Å². The fourth-order valence-corrected chi connectivity index (χ4v) is 2.91. The van der Waals surface area contributed by atoms with E-state index in [9.17, 15) is 13.2 Å². The normalized spacial score (nSPS) is 15.6. The SMILES string of the molecule is FC(F)(F)Oc1ccc(-c2ccc(NC3CCCC3)cc2)cc1. The largest absolute Gasteiger partial charge is 0.573 e. The van der Waals surface area contributed by atoms with Gasteiger partial charge in [-0.2, -0.15) is 0 Å². The first kappa shape index (κ1) is 15.7. The highest BCUT2D eigenvalue weighted by Crippen LogP contribution is 2.28. The van der Waals surface area contributed by atoms with Gasteiger partial charge in [0, 0.05) is 11.7 Å². The fraction of sp³-hybridized carbons (Fsp3) is 0.333. The zero-order valence-electron chi connectivity index (χ0n) is 12.6. The van der Waals surface area contributed by atoms with Gasteiger partial charge in [-0.05, 0) is 48.2 Å². The molecule has 1 saturated carbocycles. The van der Waals surface area contributed by atoms with E-state index >= 15 is 0 Å². The molecule has 0 amide bonds. The Kier molecular flexibility index (Phi) is 4.46. The third-order valence-electron chi connectivity index (χ3n) is 4.03. The standard InChI is InChI=1S/C18H18F3NO/c19-18(20,21)23-17-11-7-14(8-12-17)13-5-9-16(10-6-13)22-15-3-1-2-4-15/h5-12,15,22H,1-4H2. The highest BCUT2D eigenvalue weighted by molar-refractivity contribution is 5.66. The van der Waals surface area contributed by atoms with Crippen LogP contribution in [-0.2, 0) is 0 Å². The molecule has 122 valence electrons. The molecule has 0 unspecified atom stereocenters. The molecule has 2 nitrogen and oxygen atoms in total. The molecule has 0 radical (unpaired) electrons. The van der Waals surface area contributed by atoms with Gasteiger partial charge >= 0.3 is 6.36 Å². The summed E-state index contributed by atoms with van der Waals surface area (Å²) in [5.41, 5.74) is 2.89. The lowest BCUT2D eigenvalue weighted by atomic mass is 10.1. The van der Waals surface area contributed by atoms with Crippen molar-refractivity contribution in [3.05, 3.63) is 48.5 Å². The lowest BCUT2D eigenvalue weighted by Crippen LogP contribution is -2.16. The number of halogens is 3. The molecule has 0 saturated heterocycles. The van der Waals surface area contributed by atoms with Crippen LogP contribution in [0.3, 0.4) is 0 Å². The number of hydrogen-bond donors (Lipinski definition) is 1. The Balaban J connectivity index is 1.66. The summed E-state index contributed by atoms with van der Waals surface area (Å²) in [5, 5.41) is 3.51. The van der Waals surface area contributed by atoms with Crippen LogP contribution in [0.4, 0.5) is 18.9 Å². The maximum Gasteiger partial charge on any atom is 0.573 e. The molecule has 2 aromatic rings. The van der Waals surface area contributed by atoms with Crippen molar-refractivity contribution < 1.29 is 17.9 Å². The predicted octanol–water partition coefficient (Wildman–Crippen LogP) is 5.61. The summed E-state index contributed by atoms with van der Waals surface area (Å²) in [4.78, 5) is 0. The molecule has 1 aliphatic rings. The average Bonchev–Trinajstić information content (AvgIpc) is 3.00. The molecule has 0 atom stereocenters.